The molecule has 0 atom stereocenters. The highest BCUT2D eigenvalue weighted by molar-refractivity contribution is 7.11. The summed E-state index contributed by atoms with van der Waals surface area (Å²) in [6.45, 7) is 11.1. The van der Waals surface area contributed by atoms with Crippen LogP contribution >= 0.6 is 11.3 Å². The predicted molar refractivity (Wildman–Crippen MR) is 79.2 cm³/mol. The van der Waals surface area contributed by atoms with Gasteiger partial charge in [-0.25, -0.2) is 4.98 Å². The molecule has 1 aliphatic rings. The first-order valence-corrected chi connectivity index (χ1v) is 8.02. The molecule has 2 nitrogen and oxygen atoms in total. The summed E-state index contributed by atoms with van der Waals surface area (Å²) < 4.78 is 0. The molecule has 0 radical (unpaired) electrons. The van der Waals surface area contributed by atoms with E-state index in [1.807, 2.05) is 11.3 Å². The van der Waals surface area contributed by atoms with Crippen LogP contribution in [0, 0.1) is 5.92 Å². The van der Waals surface area contributed by atoms with Gasteiger partial charge in [0, 0.05) is 23.3 Å². The molecule has 0 bridgehead atoms. The van der Waals surface area contributed by atoms with Crippen LogP contribution in [-0.4, -0.2) is 11.5 Å². The third kappa shape index (κ3) is 3.79. The Kier molecular flexibility index (Phi) is 4.44. The van der Waals surface area contributed by atoms with Crippen molar-refractivity contribution in [3.8, 4) is 0 Å². The molecule has 0 aliphatic heterocycles. The average Bonchev–Trinajstić information content (AvgIpc) is 2.97. The van der Waals surface area contributed by atoms with Gasteiger partial charge >= 0.3 is 0 Å². The fraction of sp³-hybridized carbons (Fsp3) is 0.800. The summed E-state index contributed by atoms with van der Waals surface area (Å²) in [6.07, 6.45) is 5.22. The normalized spacial score (nSPS) is 16.2. The summed E-state index contributed by atoms with van der Waals surface area (Å²) in [5.41, 5.74) is 1.48. The molecule has 1 N–H and O–H groups in total. The largest absolute Gasteiger partial charge is 0.312 e. The molecule has 0 amide bonds. The standard InChI is InChI=1S/C15H26N2S/c1-5-8-16-10-12-14(15(2,3)4)17-13(18-12)9-11-6-7-11/h11,16H,5-10H2,1-4H3. The Morgan fingerprint density at radius 1 is 1.33 bits per heavy atom. The number of hydrogen-bond acceptors (Lipinski definition) is 3. The lowest BCUT2D eigenvalue weighted by Crippen LogP contribution is -2.19. The minimum atomic E-state index is 0.168. The lowest BCUT2D eigenvalue weighted by molar-refractivity contribution is 0.556. The molecular weight excluding hydrogens is 240 g/mol. The van der Waals surface area contributed by atoms with E-state index in [2.05, 4.69) is 33.0 Å². The van der Waals surface area contributed by atoms with E-state index in [9.17, 15) is 0 Å². The van der Waals surface area contributed by atoms with Gasteiger partial charge < -0.3 is 5.32 Å². The van der Waals surface area contributed by atoms with E-state index in [-0.39, 0.29) is 5.41 Å². The first-order chi connectivity index (χ1) is 8.50. The first kappa shape index (κ1) is 14.0. The molecule has 1 saturated carbocycles. The van der Waals surface area contributed by atoms with E-state index in [1.165, 1.54) is 41.3 Å². The fourth-order valence-electron chi connectivity index (χ4n) is 2.14. The van der Waals surface area contributed by atoms with Gasteiger partial charge in [-0.15, -0.1) is 11.3 Å². The summed E-state index contributed by atoms with van der Waals surface area (Å²) >= 11 is 1.93. The van der Waals surface area contributed by atoms with Gasteiger partial charge in [0.2, 0.25) is 0 Å². The minimum Gasteiger partial charge on any atom is -0.312 e. The second-order valence-corrected chi connectivity index (χ2v) is 7.62. The van der Waals surface area contributed by atoms with Crippen molar-refractivity contribution >= 4 is 11.3 Å². The van der Waals surface area contributed by atoms with Gasteiger partial charge in [0.15, 0.2) is 0 Å². The van der Waals surface area contributed by atoms with E-state index >= 15 is 0 Å². The predicted octanol–water partition coefficient (Wildman–Crippen LogP) is 3.89. The molecule has 0 spiro atoms. The van der Waals surface area contributed by atoms with Crippen molar-refractivity contribution in [1.82, 2.24) is 10.3 Å². The van der Waals surface area contributed by atoms with Crippen molar-refractivity contribution in [2.75, 3.05) is 6.54 Å². The van der Waals surface area contributed by atoms with Gasteiger partial charge in [-0.1, -0.05) is 27.7 Å². The molecule has 1 fully saturated rings. The Morgan fingerprint density at radius 3 is 2.61 bits per heavy atom. The Bertz CT molecular complexity index is 386. The van der Waals surface area contributed by atoms with E-state index in [4.69, 9.17) is 4.98 Å². The van der Waals surface area contributed by atoms with E-state index in [1.54, 1.807) is 0 Å². The summed E-state index contributed by atoms with van der Waals surface area (Å²) in [5, 5.41) is 4.87. The molecule has 0 aromatic carbocycles. The van der Waals surface area contributed by atoms with Crippen LogP contribution in [0.2, 0.25) is 0 Å². The number of aromatic nitrogens is 1. The molecule has 1 aliphatic carbocycles. The van der Waals surface area contributed by atoms with E-state index < -0.39 is 0 Å². The van der Waals surface area contributed by atoms with Gasteiger partial charge in [-0.05, 0) is 31.7 Å². The number of thiazole rings is 1. The topological polar surface area (TPSA) is 24.9 Å². The van der Waals surface area contributed by atoms with Crippen molar-refractivity contribution in [2.24, 2.45) is 5.92 Å². The molecule has 1 aromatic rings. The molecule has 3 heteroatoms. The molecule has 2 rings (SSSR count). The van der Waals surface area contributed by atoms with Crippen LogP contribution in [0.3, 0.4) is 0 Å². The minimum absolute atomic E-state index is 0.168. The van der Waals surface area contributed by atoms with Gasteiger partial charge in [0.25, 0.3) is 0 Å². The Morgan fingerprint density at radius 2 is 2.06 bits per heavy atom. The molecule has 102 valence electrons. The maximum Gasteiger partial charge on any atom is 0.0934 e. The van der Waals surface area contributed by atoms with Crippen molar-refractivity contribution in [1.29, 1.82) is 0 Å². The van der Waals surface area contributed by atoms with Gasteiger partial charge in [-0.3, -0.25) is 0 Å². The molecule has 18 heavy (non-hydrogen) atoms. The van der Waals surface area contributed by atoms with Crippen LogP contribution < -0.4 is 5.32 Å². The van der Waals surface area contributed by atoms with Crippen molar-refractivity contribution < 1.29 is 0 Å². The summed E-state index contributed by atoms with van der Waals surface area (Å²) in [4.78, 5) is 6.37. The smallest absolute Gasteiger partial charge is 0.0934 e. The second-order valence-electron chi connectivity index (χ2n) is 6.45. The molecule has 0 unspecified atom stereocenters. The van der Waals surface area contributed by atoms with Crippen LogP contribution in [0.5, 0.6) is 0 Å². The summed E-state index contributed by atoms with van der Waals surface area (Å²) in [7, 11) is 0. The Hall–Kier alpha value is -0.410. The third-order valence-corrected chi connectivity index (χ3v) is 4.40. The zero-order valence-corrected chi connectivity index (χ0v) is 13.0. The molecule has 0 saturated heterocycles. The average molecular weight is 266 g/mol. The van der Waals surface area contributed by atoms with Crippen LogP contribution in [0.4, 0.5) is 0 Å². The van der Waals surface area contributed by atoms with Crippen molar-refractivity contribution in [2.45, 2.75) is 65.3 Å². The Labute approximate surface area is 115 Å². The number of nitrogens with one attached hydrogen (secondary N) is 1. The molecular formula is C15H26N2S. The zero-order valence-electron chi connectivity index (χ0n) is 12.2. The van der Waals surface area contributed by atoms with Crippen LogP contribution in [0.15, 0.2) is 0 Å². The van der Waals surface area contributed by atoms with Crippen LogP contribution in [0.25, 0.3) is 0 Å². The lowest BCUT2D eigenvalue weighted by atomic mass is 9.91. The lowest BCUT2D eigenvalue weighted by Gasteiger charge is -2.17. The summed E-state index contributed by atoms with van der Waals surface area (Å²) in [5.74, 6) is 0.931. The zero-order chi connectivity index (χ0) is 13.2. The highest BCUT2D eigenvalue weighted by Crippen LogP contribution is 2.36. The highest BCUT2D eigenvalue weighted by Gasteiger charge is 2.27. The van der Waals surface area contributed by atoms with E-state index in [0.717, 1.165) is 19.0 Å². The molecule has 1 heterocycles. The third-order valence-electron chi connectivity index (χ3n) is 3.32. The van der Waals surface area contributed by atoms with Gasteiger partial charge in [0.1, 0.15) is 0 Å². The number of nitrogens with zero attached hydrogens (tertiary/aromatic N) is 1. The Balaban J connectivity index is 2.10. The van der Waals surface area contributed by atoms with Crippen LogP contribution in [-0.2, 0) is 18.4 Å². The first-order valence-electron chi connectivity index (χ1n) is 7.20. The maximum absolute atomic E-state index is 4.92. The van der Waals surface area contributed by atoms with Gasteiger partial charge in [0.05, 0.1) is 10.7 Å². The number of hydrogen-bond donors (Lipinski definition) is 1. The SMILES string of the molecule is CCCNCc1sc(CC2CC2)nc1C(C)(C)C. The second kappa shape index (κ2) is 5.70. The maximum atomic E-state index is 4.92. The quantitative estimate of drug-likeness (QED) is 0.790. The van der Waals surface area contributed by atoms with E-state index in [0.29, 0.717) is 0 Å². The number of rotatable bonds is 6. The molecule has 1 aromatic heterocycles. The van der Waals surface area contributed by atoms with Gasteiger partial charge in [-0.2, -0.15) is 0 Å². The summed E-state index contributed by atoms with van der Waals surface area (Å²) in [6, 6.07) is 0. The van der Waals surface area contributed by atoms with Crippen molar-refractivity contribution in [3.63, 3.8) is 0 Å². The monoisotopic (exact) mass is 266 g/mol. The fourth-order valence-corrected chi connectivity index (χ4v) is 3.50. The highest BCUT2D eigenvalue weighted by atomic mass is 32.1. The van der Waals surface area contributed by atoms with Crippen molar-refractivity contribution in [3.05, 3.63) is 15.6 Å². The van der Waals surface area contributed by atoms with Crippen LogP contribution in [0.1, 0.15) is 62.5 Å².